The highest BCUT2D eigenvalue weighted by molar-refractivity contribution is 7.10. The van der Waals surface area contributed by atoms with Gasteiger partial charge in [0.25, 0.3) is 0 Å². The Labute approximate surface area is 107 Å². The van der Waals surface area contributed by atoms with E-state index in [-0.39, 0.29) is 5.54 Å². The smallest absolute Gasteiger partial charge is 0.126 e. The molecular formula is C13H12F2N2S. The minimum absolute atomic E-state index is 0.325. The largest absolute Gasteiger partial charge is 0.319 e. The topological polar surface area (TPSA) is 38.9 Å². The van der Waals surface area contributed by atoms with E-state index in [9.17, 15) is 8.78 Å². The lowest BCUT2D eigenvalue weighted by atomic mass is 9.78. The van der Waals surface area contributed by atoms with Crippen LogP contribution in [0, 0.1) is 11.6 Å². The van der Waals surface area contributed by atoms with Gasteiger partial charge in [-0.3, -0.25) is 0 Å². The summed E-state index contributed by atoms with van der Waals surface area (Å²) in [6, 6.07) is 3.42. The Bertz CT molecular complexity index is 570. The number of aromatic nitrogens is 1. The Morgan fingerprint density at radius 2 is 1.83 bits per heavy atom. The first-order chi connectivity index (χ1) is 8.57. The molecule has 0 bridgehead atoms. The quantitative estimate of drug-likeness (QED) is 0.904. The highest BCUT2D eigenvalue weighted by atomic mass is 32.1. The molecule has 2 N–H and O–H groups in total. The van der Waals surface area contributed by atoms with E-state index in [0.29, 0.717) is 11.3 Å². The van der Waals surface area contributed by atoms with Crippen LogP contribution in [-0.2, 0) is 5.54 Å². The molecule has 0 saturated heterocycles. The van der Waals surface area contributed by atoms with Crippen LogP contribution in [-0.4, -0.2) is 4.98 Å². The molecule has 1 saturated carbocycles. The Morgan fingerprint density at radius 1 is 1.17 bits per heavy atom. The Hall–Kier alpha value is -1.33. The molecular weight excluding hydrogens is 254 g/mol. The Kier molecular flexibility index (Phi) is 2.68. The molecule has 94 valence electrons. The summed E-state index contributed by atoms with van der Waals surface area (Å²) < 4.78 is 26.3. The van der Waals surface area contributed by atoms with Crippen LogP contribution >= 0.6 is 11.3 Å². The molecule has 0 radical (unpaired) electrons. The van der Waals surface area contributed by atoms with E-state index >= 15 is 0 Å². The van der Waals surface area contributed by atoms with Crippen molar-refractivity contribution in [3.8, 4) is 11.3 Å². The van der Waals surface area contributed by atoms with Crippen molar-refractivity contribution < 1.29 is 8.78 Å². The predicted octanol–water partition coefficient (Wildman–Crippen LogP) is 3.43. The summed E-state index contributed by atoms with van der Waals surface area (Å²) in [7, 11) is 0. The van der Waals surface area contributed by atoms with Crippen molar-refractivity contribution in [2.75, 3.05) is 0 Å². The molecule has 1 aliphatic rings. The van der Waals surface area contributed by atoms with E-state index in [1.165, 1.54) is 23.5 Å². The van der Waals surface area contributed by atoms with E-state index < -0.39 is 11.6 Å². The van der Waals surface area contributed by atoms with Crippen LogP contribution in [0.2, 0.25) is 0 Å². The van der Waals surface area contributed by atoms with Gasteiger partial charge < -0.3 is 5.73 Å². The standard InChI is InChI=1S/C13H12F2N2S/c14-9-4-8(5-10(15)6-9)11-7-18-12(17-11)13(16)2-1-3-13/h4-7H,1-3,16H2. The summed E-state index contributed by atoms with van der Waals surface area (Å²) in [6.45, 7) is 0. The van der Waals surface area contributed by atoms with Crippen LogP contribution in [0.25, 0.3) is 11.3 Å². The summed E-state index contributed by atoms with van der Waals surface area (Å²) in [5.74, 6) is -1.18. The molecule has 2 aromatic rings. The van der Waals surface area contributed by atoms with Crippen molar-refractivity contribution in [2.24, 2.45) is 5.73 Å². The number of thiazole rings is 1. The number of halogens is 2. The number of hydrogen-bond donors (Lipinski definition) is 1. The summed E-state index contributed by atoms with van der Waals surface area (Å²) in [6.07, 6.45) is 2.97. The molecule has 3 rings (SSSR count). The van der Waals surface area contributed by atoms with Gasteiger partial charge in [-0.1, -0.05) is 0 Å². The first-order valence-corrected chi connectivity index (χ1v) is 6.66. The van der Waals surface area contributed by atoms with Crippen LogP contribution in [0.3, 0.4) is 0 Å². The van der Waals surface area contributed by atoms with Crippen molar-refractivity contribution in [3.05, 3.63) is 40.2 Å². The molecule has 0 spiro atoms. The first-order valence-electron chi connectivity index (χ1n) is 5.78. The van der Waals surface area contributed by atoms with Gasteiger partial charge in [0.05, 0.1) is 11.2 Å². The number of nitrogens with zero attached hydrogens (tertiary/aromatic N) is 1. The third kappa shape index (κ3) is 1.93. The zero-order chi connectivity index (χ0) is 12.8. The van der Waals surface area contributed by atoms with E-state index in [1.54, 1.807) is 5.38 Å². The maximum absolute atomic E-state index is 13.1. The third-order valence-corrected chi connectivity index (χ3v) is 4.40. The molecule has 1 heterocycles. The Morgan fingerprint density at radius 3 is 2.39 bits per heavy atom. The second-order valence-electron chi connectivity index (χ2n) is 4.71. The lowest BCUT2D eigenvalue weighted by molar-refractivity contribution is 0.253. The maximum Gasteiger partial charge on any atom is 0.126 e. The van der Waals surface area contributed by atoms with Gasteiger partial charge in [-0.25, -0.2) is 13.8 Å². The zero-order valence-corrected chi connectivity index (χ0v) is 10.4. The van der Waals surface area contributed by atoms with Crippen molar-refractivity contribution in [3.63, 3.8) is 0 Å². The van der Waals surface area contributed by atoms with Crippen LogP contribution in [0.1, 0.15) is 24.3 Å². The first kappa shape index (κ1) is 11.7. The average molecular weight is 266 g/mol. The minimum Gasteiger partial charge on any atom is -0.319 e. The molecule has 5 heteroatoms. The summed E-state index contributed by atoms with van der Waals surface area (Å²) in [5.41, 5.74) is 6.89. The normalized spacial score (nSPS) is 17.5. The van der Waals surface area contributed by atoms with Crippen molar-refractivity contribution in [1.82, 2.24) is 4.98 Å². The van der Waals surface area contributed by atoms with Gasteiger partial charge in [0, 0.05) is 17.0 Å². The summed E-state index contributed by atoms with van der Waals surface area (Å²) in [5, 5.41) is 2.66. The van der Waals surface area contributed by atoms with Crippen LogP contribution in [0.4, 0.5) is 8.78 Å². The van der Waals surface area contributed by atoms with Crippen molar-refractivity contribution in [2.45, 2.75) is 24.8 Å². The van der Waals surface area contributed by atoms with E-state index in [1.807, 2.05) is 0 Å². The molecule has 0 amide bonds. The fourth-order valence-electron chi connectivity index (χ4n) is 2.11. The summed E-state index contributed by atoms with van der Waals surface area (Å²) >= 11 is 1.46. The molecule has 1 aliphatic carbocycles. The van der Waals surface area contributed by atoms with Crippen LogP contribution in [0.5, 0.6) is 0 Å². The molecule has 0 aliphatic heterocycles. The molecule has 1 fully saturated rings. The van der Waals surface area contributed by atoms with Gasteiger partial charge in [0.1, 0.15) is 16.6 Å². The molecule has 18 heavy (non-hydrogen) atoms. The second-order valence-corrected chi connectivity index (χ2v) is 5.56. The molecule has 0 atom stereocenters. The number of rotatable bonds is 2. The van der Waals surface area contributed by atoms with Gasteiger partial charge in [0.15, 0.2) is 0 Å². The van der Waals surface area contributed by atoms with Gasteiger partial charge in [-0.2, -0.15) is 0 Å². The van der Waals surface area contributed by atoms with Crippen molar-refractivity contribution >= 4 is 11.3 Å². The molecule has 0 unspecified atom stereocenters. The zero-order valence-electron chi connectivity index (χ0n) is 9.62. The number of nitrogens with two attached hydrogens (primary N) is 1. The van der Waals surface area contributed by atoms with E-state index in [0.717, 1.165) is 30.3 Å². The van der Waals surface area contributed by atoms with E-state index in [2.05, 4.69) is 4.98 Å². The van der Waals surface area contributed by atoms with Gasteiger partial charge >= 0.3 is 0 Å². The molecule has 2 nitrogen and oxygen atoms in total. The van der Waals surface area contributed by atoms with Crippen molar-refractivity contribution in [1.29, 1.82) is 0 Å². The number of benzene rings is 1. The summed E-state index contributed by atoms with van der Waals surface area (Å²) in [4.78, 5) is 4.42. The van der Waals surface area contributed by atoms with Crippen LogP contribution < -0.4 is 5.73 Å². The Balaban J connectivity index is 1.97. The lowest BCUT2D eigenvalue weighted by Gasteiger charge is -2.35. The highest BCUT2D eigenvalue weighted by Crippen LogP contribution is 2.41. The minimum atomic E-state index is -0.592. The maximum atomic E-state index is 13.1. The highest BCUT2D eigenvalue weighted by Gasteiger charge is 2.37. The molecule has 1 aromatic heterocycles. The average Bonchev–Trinajstić information content (AvgIpc) is 2.74. The number of hydrogen-bond acceptors (Lipinski definition) is 3. The van der Waals surface area contributed by atoms with Gasteiger partial charge in [0.2, 0.25) is 0 Å². The lowest BCUT2D eigenvalue weighted by Crippen LogP contribution is -2.43. The fraction of sp³-hybridized carbons (Fsp3) is 0.308. The van der Waals surface area contributed by atoms with Crippen LogP contribution in [0.15, 0.2) is 23.6 Å². The predicted molar refractivity (Wildman–Crippen MR) is 67.2 cm³/mol. The van der Waals surface area contributed by atoms with Gasteiger partial charge in [-0.05, 0) is 31.4 Å². The monoisotopic (exact) mass is 266 g/mol. The fourth-order valence-corrected chi connectivity index (χ4v) is 3.11. The van der Waals surface area contributed by atoms with Gasteiger partial charge in [-0.15, -0.1) is 11.3 Å². The van der Waals surface area contributed by atoms with E-state index in [4.69, 9.17) is 5.73 Å². The SMILES string of the molecule is NC1(c2nc(-c3cc(F)cc(F)c3)cs2)CCC1. The third-order valence-electron chi connectivity index (χ3n) is 3.33. The molecule has 1 aromatic carbocycles. The second kappa shape index (κ2) is 4.10.